The van der Waals surface area contributed by atoms with Gasteiger partial charge in [0.1, 0.15) is 0 Å². The molecule has 0 spiro atoms. The lowest BCUT2D eigenvalue weighted by Gasteiger charge is -2.17. The van der Waals surface area contributed by atoms with E-state index in [9.17, 15) is 4.79 Å². The summed E-state index contributed by atoms with van der Waals surface area (Å²) in [5.41, 5.74) is 5.98. The maximum atomic E-state index is 13.3. The van der Waals surface area contributed by atoms with Crippen LogP contribution in [0.25, 0.3) is 22.4 Å². The van der Waals surface area contributed by atoms with E-state index in [-0.39, 0.29) is 5.56 Å². The number of pyridine rings is 1. The summed E-state index contributed by atoms with van der Waals surface area (Å²) in [5.74, 6) is 0. The monoisotopic (exact) mass is 351 g/mol. The van der Waals surface area contributed by atoms with Gasteiger partial charge in [0.05, 0.1) is 12.2 Å². The molecule has 1 aromatic heterocycles. The average Bonchev–Trinajstić information content (AvgIpc) is 2.74. The van der Waals surface area contributed by atoms with E-state index in [1.54, 1.807) is 0 Å². The highest BCUT2D eigenvalue weighted by Gasteiger charge is 2.14. The molecule has 0 amide bonds. The fourth-order valence-electron chi connectivity index (χ4n) is 3.44. The van der Waals surface area contributed by atoms with E-state index in [0.29, 0.717) is 6.54 Å². The molecule has 2 nitrogen and oxygen atoms in total. The standard InChI is InChI=1S/C25H21NO/c1-19-23(21-13-7-3-8-14-21)17-24(22-15-9-4-10-16-22)26(25(19)27)18-20-11-5-2-6-12-20/h2-17H,18H2,1H3. The zero-order valence-corrected chi connectivity index (χ0v) is 15.3. The summed E-state index contributed by atoms with van der Waals surface area (Å²) < 4.78 is 1.88. The maximum absolute atomic E-state index is 13.3. The Morgan fingerprint density at radius 1 is 0.704 bits per heavy atom. The minimum absolute atomic E-state index is 0.0547. The largest absolute Gasteiger partial charge is 0.304 e. The van der Waals surface area contributed by atoms with Crippen LogP contribution in [0.1, 0.15) is 11.1 Å². The van der Waals surface area contributed by atoms with Crippen molar-refractivity contribution in [2.24, 2.45) is 0 Å². The summed E-state index contributed by atoms with van der Waals surface area (Å²) in [6.45, 7) is 2.47. The van der Waals surface area contributed by atoms with Gasteiger partial charge in [0.15, 0.2) is 0 Å². The zero-order chi connectivity index (χ0) is 18.6. The number of rotatable bonds is 4. The Morgan fingerprint density at radius 2 is 1.22 bits per heavy atom. The van der Waals surface area contributed by atoms with E-state index in [1.165, 1.54) is 0 Å². The van der Waals surface area contributed by atoms with Gasteiger partial charge in [-0.2, -0.15) is 0 Å². The van der Waals surface area contributed by atoms with Gasteiger partial charge in [0, 0.05) is 5.56 Å². The van der Waals surface area contributed by atoms with Crippen molar-refractivity contribution in [3.05, 3.63) is 119 Å². The number of aromatic nitrogens is 1. The highest BCUT2D eigenvalue weighted by Crippen LogP contribution is 2.27. The molecule has 0 atom stereocenters. The van der Waals surface area contributed by atoms with Crippen LogP contribution in [0.3, 0.4) is 0 Å². The van der Waals surface area contributed by atoms with Crippen molar-refractivity contribution >= 4 is 0 Å². The minimum Gasteiger partial charge on any atom is -0.304 e. The summed E-state index contributed by atoms with van der Waals surface area (Å²) in [6, 6.07) is 32.5. The van der Waals surface area contributed by atoms with Gasteiger partial charge in [-0.1, -0.05) is 91.0 Å². The first-order valence-electron chi connectivity index (χ1n) is 9.13. The third-order valence-electron chi connectivity index (χ3n) is 4.88. The third-order valence-corrected chi connectivity index (χ3v) is 4.88. The van der Waals surface area contributed by atoms with E-state index in [0.717, 1.165) is 33.5 Å². The highest BCUT2D eigenvalue weighted by atomic mass is 16.1. The van der Waals surface area contributed by atoms with Crippen molar-refractivity contribution in [3.8, 4) is 22.4 Å². The second-order valence-electron chi connectivity index (χ2n) is 6.68. The molecule has 0 saturated carbocycles. The van der Waals surface area contributed by atoms with Crippen molar-refractivity contribution < 1.29 is 0 Å². The van der Waals surface area contributed by atoms with Gasteiger partial charge in [-0.05, 0) is 35.2 Å². The van der Waals surface area contributed by atoms with Gasteiger partial charge >= 0.3 is 0 Å². The first-order valence-corrected chi connectivity index (χ1v) is 9.13. The molecule has 0 aliphatic rings. The molecule has 4 rings (SSSR count). The number of hydrogen-bond acceptors (Lipinski definition) is 1. The van der Waals surface area contributed by atoms with Crippen molar-refractivity contribution in [3.63, 3.8) is 0 Å². The van der Waals surface area contributed by atoms with Crippen LogP contribution in [-0.4, -0.2) is 4.57 Å². The summed E-state index contributed by atoms with van der Waals surface area (Å²) in [6.07, 6.45) is 0. The molecule has 0 N–H and O–H groups in total. The quantitative estimate of drug-likeness (QED) is 0.473. The fourth-order valence-corrected chi connectivity index (χ4v) is 3.44. The molecular weight excluding hydrogens is 330 g/mol. The van der Waals surface area contributed by atoms with E-state index in [2.05, 4.69) is 42.5 Å². The molecule has 0 saturated heterocycles. The number of benzene rings is 3. The maximum Gasteiger partial charge on any atom is 0.254 e. The first-order chi connectivity index (χ1) is 13.2. The summed E-state index contributed by atoms with van der Waals surface area (Å²) in [4.78, 5) is 13.3. The summed E-state index contributed by atoms with van der Waals surface area (Å²) in [7, 11) is 0. The van der Waals surface area contributed by atoms with Crippen molar-refractivity contribution in [2.45, 2.75) is 13.5 Å². The van der Waals surface area contributed by atoms with Crippen LogP contribution in [0.15, 0.2) is 102 Å². The Labute approximate surface area is 159 Å². The second kappa shape index (κ2) is 7.46. The van der Waals surface area contributed by atoms with Gasteiger partial charge < -0.3 is 4.57 Å². The molecule has 2 heteroatoms. The predicted octanol–water partition coefficient (Wildman–Crippen LogP) is 5.54. The minimum atomic E-state index is 0.0547. The molecule has 3 aromatic carbocycles. The van der Waals surface area contributed by atoms with Crippen LogP contribution >= 0.6 is 0 Å². The average molecular weight is 351 g/mol. The lowest BCUT2D eigenvalue weighted by molar-refractivity contribution is 0.762. The zero-order valence-electron chi connectivity index (χ0n) is 15.3. The van der Waals surface area contributed by atoms with Crippen LogP contribution in [0, 0.1) is 6.92 Å². The molecule has 0 fully saturated rings. The first kappa shape index (κ1) is 17.0. The molecule has 0 bridgehead atoms. The topological polar surface area (TPSA) is 22.0 Å². The normalized spacial score (nSPS) is 10.7. The van der Waals surface area contributed by atoms with Gasteiger partial charge in [0.2, 0.25) is 0 Å². The van der Waals surface area contributed by atoms with E-state index < -0.39 is 0 Å². The smallest absolute Gasteiger partial charge is 0.254 e. The Kier molecular flexibility index (Phi) is 4.71. The lowest BCUT2D eigenvalue weighted by Crippen LogP contribution is -2.25. The predicted molar refractivity (Wildman–Crippen MR) is 112 cm³/mol. The Hall–Kier alpha value is -3.39. The number of nitrogens with zero attached hydrogens (tertiary/aromatic N) is 1. The third kappa shape index (κ3) is 3.47. The summed E-state index contributed by atoms with van der Waals surface area (Å²) in [5, 5.41) is 0. The van der Waals surface area contributed by atoms with E-state index >= 15 is 0 Å². The van der Waals surface area contributed by atoms with Crippen LogP contribution in [0.2, 0.25) is 0 Å². The molecule has 0 unspecified atom stereocenters. The van der Waals surface area contributed by atoms with Crippen LogP contribution in [-0.2, 0) is 6.54 Å². The molecule has 132 valence electrons. The van der Waals surface area contributed by atoms with Crippen LogP contribution in [0.5, 0.6) is 0 Å². The molecule has 0 aliphatic carbocycles. The van der Waals surface area contributed by atoms with Crippen LogP contribution in [0.4, 0.5) is 0 Å². The lowest BCUT2D eigenvalue weighted by atomic mass is 9.98. The molecule has 27 heavy (non-hydrogen) atoms. The molecule has 1 heterocycles. The Bertz CT molecular complexity index is 1100. The van der Waals surface area contributed by atoms with Crippen LogP contribution < -0.4 is 5.56 Å². The van der Waals surface area contributed by atoms with Gasteiger partial charge in [-0.15, -0.1) is 0 Å². The Balaban J connectivity index is 1.95. The van der Waals surface area contributed by atoms with Crippen molar-refractivity contribution in [1.29, 1.82) is 0 Å². The van der Waals surface area contributed by atoms with Crippen molar-refractivity contribution in [1.82, 2.24) is 4.57 Å². The summed E-state index contributed by atoms with van der Waals surface area (Å²) >= 11 is 0. The SMILES string of the molecule is Cc1c(-c2ccccc2)cc(-c2ccccc2)n(Cc2ccccc2)c1=O. The van der Waals surface area contributed by atoms with E-state index in [1.807, 2.05) is 66.1 Å². The molecular formula is C25H21NO. The molecule has 0 radical (unpaired) electrons. The highest BCUT2D eigenvalue weighted by molar-refractivity contribution is 5.73. The Morgan fingerprint density at radius 3 is 1.81 bits per heavy atom. The van der Waals surface area contributed by atoms with Gasteiger partial charge in [-0.25, -0.2) is 0 Å². The molecule has 0 aliphatic heterocycles. The second-order valence-corrected chi connectivity index (χ2v) is 6.68. The molecule has 4 aromatic rings. The van der Waals surface area contributed by atoms with Crippen molar-refractivity contribution in [2.75, 3.05) is 0 Å². The van der Waals surface area contributed by atoms with Gasteiger partial charge in [0.25, 0.3) is 5.56 Å². The van der Waals surface area contributed by atoms with Gasteiger partial charge in [-0.3, -0.25) is 4.79 Å². The van der Waals surface area contributed by atoms with E-state index in [4.69, 9.17) is 0 Å². The fraction of sp³-hybridized carbons (Fsp3) is 0.0800. The number of hydrogen-bond donors (Lipinski definition) is 0.